The van der Waals surface area contributed by atoms with E-state index in [1.807, 2.05) is 54.6 Å². The number of aliphatic hydroxyl groups is 1. The summed E-state index contributed by atoms with van der Waals surface area (Å²) in [7, 11) is 0. The molecule has 0 aliphatic heterocycles. The van der Waals surface area contributed by atoms with E-state index in [4.69, 9.17) is 9.84 Å². The van der Waals surface area contributed by atoms with Crippen molar-refractivity contribution in [3.63, 3.8) is 0 Å². The van der Waals surface area contributed by atoms with Gasteiger partial charge in [0.1, 0.15) is 12.3 Å². The first-order valence-electron chi connectivity index (χ1n) is 8.58. The van der Waals surface area contributed by atoms with Gasteiger partial charge in [0.25, 0.3) is 0 Å². The number of rotatable bonds is 5. The van der Waals surface area contributed by atoms with Crippen LogP contribution in [0.3, 0.4) is 0 Å². The van der Waals surface area contributed by atoms with Gasteiger partial charge >= 0.3 is 11.9 Å². The third-order valence-electron chi connectivity index (χ3n) is 4.31. The number of carbonyl (C=O) groups is 2. The molecule has 0 aliphatic rings. The number of aromatic amines is 1. The summed E-state index contributed by atoms with van der Waals surface area (Å²) in [6.07, 6.45) is 0. The topological polar surface area (TPSA) is 102 Å². The minimum absolute atomic E-state index is 0.0157. The van der Waals surface area contributed by atoms with Crippen molar-refractivity contribution in [1.29, 1.82) is 0 Å². The molecule has 2 aromatic heterocycles. The van der Waals surface area contributed by atoms with Crippen LogP contribution < -0.4 is 0 Å². The second-order valence-corrected chi connectivity index (χ2v) is 6.07. The first kappa shape index (κ1) is 17.7. The maximum absolute atomic E-state index is 12.6. The average Bonchev–Trinajstić information content (AvgIpc) is 3.11. The molecule has 0 aliphatic carbocycles. The van der Waals surface area contributed by atoms with Gasteiger partial charge in [-0.2, -0.15) is 0 Å². The number of carbonyl (C=O) groups excluding carboxylic acids is 2. The smallest absolute Gasteiger partial charge is 0.361 e. The molecule has 2 N–H and O–H groups in total. The Bertz CT molecular complexity index is 1170. The standard InChI is InChI=1S/C21H16N2O5/c24-12-28-21(26)19-18-15(14-8-4-5-9-16(14)22-18)10-17(23-19)20(25)27-11-13-6-2-1-3-7-13/h1-10,22,24H,11-12H2. The second kappa shape index (κ2) is 7.50. The predicted octanol–water partition coefficient (Wildman–Crippen LogP) is 3.18. The molecule has 0 amide bonds. The van der Waals surface area contributed by atoms with E-state index < -0.39 is 18.7 Å². The zero-order valence-electron chi connectivity index (χ0n) is 14.7. The quantitative estimate of drug-likeness (QED) is 0.410. The van der Waals surface area contributed by atoms with Crippen LogP contribution in [-0.2, 0) is 16.1 Å². The largest absolute Gasteiger partial charge is 0.456 e. The fraction of sp³-hybridized carbons (Fsp3) is 0.0952. The number of pyridine rings is 1. The van der Waals surface area contributed by atoms with Crippen molar-refractivity contribution in [2.45, 2.75) is 6.61 Å². The normalized spacial score (nSPS) is 10.9. The fourth-order valence-electron chi connectivity index (χ4n) is 3.02. The predicted molar refractivity (Wildman–Crippen MR) is 102 cm³/mol. The fourth-order valence-corrected chi connectivity index (χ4v) is 3.02. The van der Waals surface area contributed by atoms with Crippen LogP contribution in [0.25, 0.3) is 21.8 Å². The molecule has 0 saturated carbocycles. The number of nitrogens with one attached hydrogen (secondary N) is 1. The first-order chi connectivity index (χ1) is 13.7. The number of nitrogens with zero attached hydrogens (tertiary/aromatic N) is 1. The number of aliphatic hydroxyl groups excluding tert-OH is 1. The molecule has 7 nitrogen and oxygen atoms in total. The highest BCUT2D eigenvalue weighted by atomic mass is 16.6. The zero-order valence-corrected chi connectivity index (χ0v) is 14.7. The molecular formula is C21H16N2O5. The van der Waals surface area contributed by atoms with Crippen molar-refractivity contribution in [3.05, 3.63) is 77.6 Å². The van der Waals surface area contributed by atoms with Gasteiger partial charge in [-0.3, -0.25) is 0 Å². The van der Waals surface area contributed by atoms with Crippen LogP contribution in [0, 0.1) is 0 Å². The number of H-pyrrole nitrogens is 1. The lowest BCUT2D eigenvalue weighted by Crippen LogP contribution is -2.14. The van der Waals surface area contributed by atoms with E-state index in [-0.39, 0.29) is 18.0 Å². The lowest BCUT2D eigenvalue weighted by atomic mass is 10.1. The summed E-state index contributed by atoms with van der Waals surface area (Å²) in [6, 6.07) is 18.3. The van der Waals surface area contributed by atoms with Gasteiger partial charge in [0, 0.05) is 16.3 Å². The van der Waals surface area contributed by atoms with Crippen molar-refractivity contribution in [3.8, 4) is 0 Å². The molecular weight excluding hydrogens is 360 g/mol. The van der Waals surface area contributed by atoms with Gasteiger partial charge in [0.05, 0.1) is 5.52 Å². The highest BCUT2D eigenvalue weighted by molar-refractivity contribution is 6.14. The van der Waals surface area contributed by atoms with Crippen LogP contribution in [0.15, 0.2) is 60.7 Å². The van der Waals surface area contributed by atoms with Gasteiger partial charge in [-0.1, -0.05) is 48.5 Å². The summed E-state index contributed by atoms with van der Waals surface area (Å²) in [6.45, 7) is -0.700. The molecule has 28 heavy (non-hydrogen) atoms. The Morgan fingerprint density at radius 3 is 2.46 bits per heavy atom. The second-order valence-electron chi connectivity index (χ2n) is 6.07. The maximum atomic E-state index is 12.6. The van der Waals surface area contributed by atoms with E-state index in [0.29, 0.717) is 10.9 Å². The number of fused-ring (bicyclic) bond motifs is 3. The molecule has 0 fully saturated rings. The average molecular weight is 376 g/mol. The Balaban J connectivity index is 1.76. The summed E-state index contributed by atoms with van der Waals surface area (Å²) in [5.74, 6) is -1.49. The van der Waals surface area contributed by atoms with Crippen molar-refractivity contribution in [1.82, 2.24) is 9.97 Å². The Labute approximate surface area is 159 Å². The SMILES string of the molecule is O=C(OCc1ccccc1)c1cc2c([nH]c3ccccc32)c(C(=O)OCO)n1. The molecule has 4 aromatic rings. The molecule has 140 valence electrons. The van der Waals surface area contributed by atoms with Crippen LogP contribution >= 0.6 is 0 Å². The number of para-hydroxylation sites is 1. The van der Waals surface area contributed by atoms with E-state index in [0.717, 1.165) is 16.5 Å². The Kier molecular flexibility index (Phi) is 4.74. The van der Waals surface area contributed by atoms with Crippen molar-refractivity contribution < 1.29 is 24.2 Å². The number of aromatic nitrogens is 2. The van der Waals surface area contributed by atoms with Gasteiger partial charge in [0.15, 0.2) is 12.5 Å². The number of esters is 2. The number of benzene rings is 2. The number of hydrogen-bond acceptors (Lipinski definition) is 6. The van der Waals surface area contributed by atoms with Crippen molar-refractivity contribution in [2.24, 2.45) is 0 Å². The lowest BCUT2D eigenvalue weighted by Gasteiger charge is -2.07. The molecule has 0 bridgehead atoms. The van der Waals surface area contributed by atoms with Crippen LogP contribution in [0.2, 0.25) is 0 Å². The minimum Gasteiger partial charge on any atom is -0.456 e. The van der Waals surface area contributed by atoms with Crippen LogP contribution in [0.5, 0.6) is 0 Å². The zero-order chi connectivity index (χ0) is 19.5. The van der Waals surface area contributed by atoms with Gasteiger partial charge in [-0.05, 0) is 17.7 Å². The van der Waals surface area contributed by atoms with Crippen LogP contribution in [-0.4, -0.2) is 33.8 Å². The molecule has 0 saturated heterocycles. The Hall–Kier alpha value is -3.71. The third-order valence-corrected chi connectivity index (χ3v) is 4.31. The van der Waals surface area contributed by atoms with Gasteiger partial charge in [-0.25, -0.2) is 14.6 Å². The summed E-state index contributed by atoms with van der Waals surface area (Å²) < 4.78 is 10.0. The summed E-state index contributed by atoms with van der Waals surface area (Å²) >= 11 is 0. The summed E-state index contributed by atoms with van der Waals surface area (Å²) in [5, 5.41) is 10.4. The number of hydrogen-bond donors (Lipinski definition) is 2. The highest BCUT2D eigenvalue weighted by Crippen LogP contribution is 2.28. The van der Waals surface area contributed by atoms with Crippen LogP contribution in [0.4, 0.5) is 0 Å². The molecule has 0 unspecified atom stereocenters. The molecule has 2 aromatic carbocycles. The summed E-state index contributed by atoms with van der Waals surface area (Å²) in [5.41, 5.74) is 1.95. The van der Waals surface area contributed by atoms with E-state index in [1.54, 1.807) is 6.07 Å². The minimum atomic E-state index is -0.836. The van der Waals surface area contributed by atoms with E-state index in [1.165, 1.54) is 0 Å². The van der Waals surface area contributed by atoms with E-state index >= 15 is 0 Å². The van der Waals surface area contributed by atoms with E-state index in [2.05, 4.69) is 14.7 Å². The third kappa shape index (κ3) is 3.30. The van der Waals surface area contributed by atoms with Crippen molar-refractivity contribution >= 4 is 33.7 Å². The number of ether oxygens (including phenoxy) is 2. The monoisotopic (exact) mass is 376 g/mol. The van der Waals surface area contributed by atoms with Gasteiger partial charge in [-0.15, -0.1) is 0 Å². The first-order valence-corrected chi connectivity index (χ1v) is 8.58. The maximum Gasteiger partial charge on any atom is 0.361 e. The Morgan fingerprint density at radius 2 is 1.68 bits per heavy atom. The van der Waals surface area contributed by atoms with Gasteiger partial charge < -0.3 is 19.6 Å². The highest BCUT2D eigenvalue weighted by Gasteiger charge is 2.21. The van der Waals surface area contributed by atoms with Crippen molar-refractivity contribution in [2.75, 3.05) is 6.79 Å². The summed E-state index contributed by atoms with van der Waals surface area (Å²) in [4.78, 5) is 32.1. The molecule has 0 spiro atoms. The molecule has 0 radical (unpaired) electrons. The van der Waals surface area contributed by atoms with E-state index in [9.17, 15) is 9.59 Å². The molecule has 2 heterocycles. The lowest BCUT2D eigenvalue weighted by molar-refractivity contribution is 0.00643. The molecule has 7 heteroatoms. The molecule has 4 rings (SSSR count). The van der Waals surface area contributed by atoms with Gasteiger partial charge in [0.2, 0.25) is 0 Å². The van der Waals surface area contributed by atoms with Crippen LogP contribution in [0.1, 0.15) is 26.5 Å². The Morgan fingerprint density at radius 1 is 0.929 bits per heavy atom. The molecule has 0 atom stereocenters.